The van der Waals surface area contributed by atoms with E-state index in [1.54, 1.807) is 27.8 Å². The molecule has 2 saturated heterocycles. The SMILES string of the molecule is CN(C(=O)OC(C)(C)C)[C@@H](Cc1ccccc1)C(=O)N1CC[C@H]2[C@H]1C1(CCC1)C(=O)N2C(=O)C1CC1. The van der Waals surface area contributed by atoms with E-state index < -0.39 is 23.2 Å². The molecular weight excluding hydrogens is 458 g/mol. The quantitative estimate of drug-likeness (QED) is 0.585. The maximum atomic E-state index is 14.2. The predicted molar refractivity (Wildman–Crippen MR) is 133 cm³/mol. The third kappa shape index (κ3) is 4.18. The molecule has 2 aliphatic heterocycles. The zero-order valence-corrected chi connectivity index (χ0v) is 21.7. The maximum absolute atomic E-state index is 14.2. The fraction of sp³-hybridized carbons (Fsp3) is 0.643. The van der Waals surface area contributed by atoms with Crippen molar-refractivity contribution in [2.75, 3.05) is 13.6 Å². The minimum absolute atomic E-state index is 0.0429. The first-order chi connectivity index (χ1) is 17.0. The van der Waals surface area contributed by atoms with Crippen LogP contribution in [0, 0.1) is 11.3 Å². The van der Waals surface area contributed by atoms with Gasteiger partial charge in [0.15, 0.2) is 0 Å². The van der Waals surface area contributed by atoms with Crippen molar-refractivity contribution in [1.82, 2.24) is 14.7 Å². The van der Waals surface area contributed by atoms with Crippen molar-refractivity contribution in [3.8, 4) is 0 Å². The molecular formula is C28H37N3O5. The Bertz CT molecular complexity index is 1060. The Balaban J connectivity index is 1.44. The van der Waals surface area contributed by atoms with Gasteiger partial charge in [-0.3, -0.25) is 24.2 Å². The molecule has 5 rings (SSSR count). The summed E-state index contributed by atoms with van der Waals surface area (Å²) in [5.74, 6) is -0.365. The summed E-state index contributed by atoms with van der Waals surface area (Å²) < 4.78 is 5.60. The molecule has 1 spiro atoms. The van der Waals surface area contributed by atoms with Crippen molar-refractivity contribution >= 4 is 23.8 Å². The van der Waals surface area contributed by atoms with E-state index in [1.165, 1.54) is 9.80 Å². The average molecular weight is 496 g/mol. The van der Waals surface area contributed by atoms with Gasteiger partial charge in [-0.1, -0.05) is 36.8 Å². The number of carbonyl (C=O) groups excluding carboxylic acids is 4. The Labute approximate surface area is 212 Å². The Morgan fingerprint density at radius 1 is 1.11 bits per heavy atom. The molecule has 2 heterocycles. The minimum atomic E-state index is -0.776. The number of carbonyl (C=O) groups is 4. The van der Waals surface area contributed by atoms with Crippen molar-refractivity contribution in [3.63, 3.8) is 0 Å². The van der Waals surface area contributed by atoms with Gasteiger partial charge in [-0.05, 0) is 58.4 Å². The molecule has 3 atom stereocenters. The summed E-state index contributed by atoms with van der Waals surface area (Å²) in [6.45, 7) is 5.88. The molecule has 8 heteroatoms. The third-order valence-electron chi connectivity index (χ3n) is 8.31. The van der Waals surface area contributed by atoms with Crippen LogP contribution in [-0.2, 0) is 25.5 Å². The number of rotatable bonds is 5. The van der Waals surface area contributed by atoms with Crippen LogP contribution in [0.1, 0.15) is 64.9 Å². The van der Waals surface area contributed by atoms with Crippen LogP contribution >= 0.6 is 0 Å². The van der Waals surface area contributed by atoms with E-state index in [0.717, 1.165) is 24.8 Å². The Morgan fingerprint density at radius 2 is 1.78 bits per heavy atom. The number of likely N-dealkylation sites (N-methyl/N-ethyl adjacent to an activating group) is 1. The van der Waals surface area contributed by atoms with Crippen LogP contribution in [0.4, 0.5) is 4.79 Å². The fourth-order valence-corrected chi connectivity index (χ4v) is 6.21. The number of ether oxygens (including phenoxy) is 1. The Kier molecular flexibility index (Phi) is 6.12. The van der Waals surface area contributed by atoms with Crippen molar-refractivity contribution in [1.29, 1.82) is 0 Å². The molecule has 2 saturated carbocycles. The van der Waals surface area contributed by atoms with Crippen LogP contribution in [0.5, 0.6) is 0 Å². The van der Waals surface area contributed by atoms with E-state index in [1.807, 2.05) is 35.2 Å². The molecule has 0 aromatic heterocycles. The second kappa shape index (κ2) is 8.89. The Hall–Kier alpha value is -2.90. The fourth-order valence-electron chi connectivity index (χ4n) is 6.21. The summed E-state index contributed by atoms with van der Waals surface area (Å²) >= 11 is 0. The van der Waals surface area contributed by atoms with Crippen molar-refractivity contribution in [2.24, 2.45) is 11.3 Å². The summed E-state index contributed by atoms with van der Waals surface area (Å²) in [7, 11) is 1.61. The van der Waals surface area contributed by atoms with E-state index in [4.69, 9.17) is 4.74 Å². The molecule has 194 valence electrons. The van der Waals surface area contributed by atoms with Gasteiger partial charge >= 0.3 is 6.09 Å². The third-order valence-corrected chi connectivity index (χ3v) is 8.31. The molecule has 0 radical (unpaired) electrons. The van der Waals surface area contributed by atoms with E-state index in [-0.39, 0.29) is 35.7 Å². The van der Waals surface area contributed by atoms with Crippen LogP contribution in [0.15, 0.2) is 30.3 Å². The standard InChI is InChI=1S/C28H37N3O5/c1-27(2,3)36-26(35)29(4)21(17-18-9-6-5-7-10-18)24(33)30-16-13-20-22(30)28(14-8-15-28)25(34)31(20)23(32)19-11-12-19/h5-7,9-10,19-22H,8,11-17H2,1-4H3/t20-,21-,22-/m0/s1. The number of imide groups is 1. The van der Waals surface area contributed by atoms with Gasteiger partial charge in [0.25, 0.3) is 0 Å². The number of hydrogen-bond donors (Lipinski definition) is 0. The molecule has 8 nitrogen and oxygen atoms in total. The highest BCUT2D eigenvalue weighted by Crippen LogP contribution is 2.56. The summed E-state index contributed by atoms with van der Waals surface area (Å²) in [6, 6.07) is 8.27. The van der Waals surface area contributed by atoms with Gasteiger partial charge in [-0.2, -0.15) is 0 Å². The van der Waals surface area contributed by atoms with Gasteiger partial charge in [-0.15, -0.1) is 0 Å². The summed E-state index contributed by atoms with van der Waals surface area (Å²) in [5, 5.41) is 0. The zero-order chi connectivity index (χ0) is 25.8. The average Bonchev–Trinajstić information content (AvgIpc) is 3.51. The summed E-state index contributed by atoms with van der Waals surface area (Å²) in [5.41, 5.74) is -0.418. The minimum Gasteiger partial charge on any atom is -0.444 e. The second-order valence-corrected chi connectivity index (χ2v) is 11.9. The molecule has 36 heavy (non-hydrogen) atoms. The summed E-state index contributed by atoms with van der Waals surface area (Å²) in [6.07, 6.45) is 4.40. The Morgan fingerprint density at radius 3 is 2.33 bits per heavy atom. The van der Waals surface area contributed by atoms with Crippen LogP contribution in [0.3, 0.4) is 0 Å². The first-order valence-electron chi connectivity index (χ1n) is 13.2. The number of hydrogen-bond acceptors (Lipinski definition) is 5. The first-order valence-corrected chi connectivity index (χ1v) is 13.2. The largest absolute Gasteiger partial charge is 0.444 e. The van der Waals surface area contributed by atoms with Gasteiger partial charge in [0.05, 0.1) is 17.5 Å². The van der Waals surface area contributed by atoms with E-state index in [2.05, 4.69) is 0 Å². The number of nitrogens with zero attached hydrogens (tertiary/aromatic N) is 3. The predicted octanol–water partition coefficient (Wildman–Crippen LogP) is 3.38. The van der Waals surface area contributed by atoms with Crippen molar-refractivity contribution in [3.05, 3.63) is 35.9 Å². The van der Waals surface area contributed by atoms with Gasteiger partial charge < -0.3 is 9.64 Å². The number of fused-ring (bicyclic) bond motifs is 2. The number of amides is 4. The van der Waals surface area contributed by atoms with Crippen LogP contribution in [-0.4, -0.2) is 75.8 Å². The van der Waals surface area contributed by atoms with E-state index in [0.29, 0.717) is 32.2 Å². The number of benzene rings is 1. The lowest BCUT2D eigenvalue weighted by molar-refractivity contribution is -0.152. The normalized spacial score (nSPS) is 25.4. The maximum Gasteiger partial charge on any atom is 0.410 e. The van der Waals surface area contributed by atoms with Crippen LogP contribution in [0.25, 0.3) is 0 Å². The van der Waals surface area contributed by atoms with Gasteiger partial charge in [0, 0.05) is 25.9 Å². The molecule has 4 aliphatic rings. The highest BCUT2D eigenvalue weighted by molar-refractivity contribution is 6.04. The monoisotopic (exact) mass is 495 g/mol. The highest BCUT2D eigenvalue weighted by Gasteiger charge is 2.68. The van der Waals surface area contributed by atoms with E-state index in [9.17, 15) is 19.2 Å². The highest BCUT2D eigenvalue weighted by atomic mass is 16.6. The lowest BCUT2D eigenvalue weighted by Gasteiger charge is -2.45. The van der Waals surface area contributed by atoms with Crippen molar-refractivity contribution in [2.45, 2.75) is 89.4 Å². The zero-order valence-electron chi connectivity index (χ0n) is 21.7. The molecule has 0 bridgehead atoms. The molecule has 0 unspecified atom stereocenters. The molecule has 0 N–H and O–H groups in total. The van der Waals surface area contributed by atoms with Crippen molar-refractivity contribution < 1.29 is 23.9 Å². The molecule has 1 aromatic rings. The first kappa shape index (κ1) is 24.8. The smallest absolute Gasteiger partial charge is 0.410 e. The lowest BCUT2D eigenvalue weighted by atomic mass is 9.64. The van der Waals surface area contributed by atoms with Crippen LogP contribution < -0.4 is 0 Å². The van der Waals surface area contributed by atoms with Gasteiger partial charge in [-0.25, -0.2) is 4.79 Å². The molecule has 2 aliphatic carbocycles. The van der Waals surface area contributed by atoms with E-state index >= 15 is 0 Å². The number of likely N-dealkylation sites (tertiary alicyclic amines) is 2. The van der Waals surface area contributed by atoms with Crippen LogP contribution in [0.2, 0.25) is 0 Å². The molecule has 4 fully saturated rings. The lowest BCUT2D eigenvalue weighted by Crippen LogP contribution is -2.58. The van der Waals surface area contributed by atoms with Gasteiger partial charge in [0.2, 0.25) is 17.7 Å². The second-order valence-electron chi connectivity index (χ2n) is 11.9. The molecule has 4 amide bonds. The van der Waals surface area contributed by atoms with Gasteiger partial charge in [0.1, 0.15) is 11.6 Å². The summed E-state index contributed by atoms with van der Waals surface area (Å²) in [4.78, 5) is 58.7. The molecule has 1 aromatic carbocycles. The topological polar surface area (TPSA) is 87.2 Å².